The van der Waals surface area contributed by atoms with Crippen molar-refractivity contribution in [2.24, 2.45) is 0 Å². The van der Waals surface area contributed by atoms with Gasteiger partial charge in [0, 0.05) is 34.6 Å². The first-order valence-electron chi connectivity index (χ1n) is 9.83. The Bertz CT molecular complexity index is 1030. The Labute approximate surface area is 164 Å². The average Bonchev–Trinajstić information content (AvgIpc) is 2.68. The molecular formula is C23H23N3O2. The van der Waals surface area contributed by atoms with Gasteiger partial charge in [0.1, 0.15) is 11.4 Å². The predicted octanol–water partition coefficient (Wildman–Crippen LogP) is 3.69. The predicted molar refractivity (Wildman–Crippen MR) is 108 cm³/mol. The van der Waals surface area contributed by atoms with Gasteiger partial charge in [0.05, 0.1) is 5.60 Å². The highest BCUT2D eigenvalue weighted by atomic mass is 16.3. The number of fused-ring (bicyclic) bond motifs is 1. The number of nitrogens with zero attached hydrogens (tertiary/aromatic N) is 2. The number of phenols is 1. The fourth-order valence-corrected chi connectivity index (χ4v) is 4.94. The van der Waals surface area contributed by atoms with Crippen molar-refractivity contribution in [2.45, 2.75) is 56.1 Å². The molecule has 2 atom stereocenters. The molecule has 1 heterocycles. The van der Waals surface area contributed by atoms with E-state index in [1.165, 1.54) is 5.56 Å². The lowest BCUT2D eigenvalue weighted by Crippen LogP contribution is -2.48. The Morgan fingerprint density at radius 3 is 2.46 bits per heavy atom. The summed E-state index contributed by atoms with van der Waals surface area (Å²) in [6, 6.07) is 5.47. The van der Waals surface area contributed by atoms with E-state index in [1.54, 1.807) is 6.07 Å². The molecule has 1 aromatic heterocycles. The first-order valence-corrected chi connectivity index (χ1v) is 9.83. The van der Waals surface area contributed by atoms with Gasteiger partial charge in [-0.3, -0.25) is 0 Å². The molecule has 28 heavy (non-hydrogen) atoms. The fraction of sp³-hybridized carbons (Fsp3) is 0.391. The number of phenolic OH excluding ortho intramolecular Hbond substituents is 1. The molecule has 4 aliphatic carbocycles. The van der Waals surface area contributed by atoms with Crippen LogP contribution < -0.4 is 5.32 Å². The van der Waals surface area contributed by atoms with Gasteiger partial charge in [0.15, 0.2) is 5.82 Å². The number of benzene rings is 1. The van der Waals surface area contributed by atoms with Crippen LogP contribution in [0.4, 0.5) is 5.82 Å². The van der Waals surface area contributed by atoms with E-state index in [-0.39, 0.29) is 17.7 Å². The molecule has 0 spiro atoms. The van der Waals surface area contributed by atoms with Gasteiger partial charge in [-0.1, -0.05) is 18.1 Å². The molecule has 0 aliphatic heterocycles. The van der Waals surface area contributed by atoms with Crippen LogP contribution in [0.2, 0.25) is 0 Å². The number of allylic oxidation sites excluding steroid dienone is 2. The molecule has 0 radical (unpaired) electrons. The van der Waals surface area contributed by atoms with Crippen LogP contribution in [-0.4, -0.2) is 32.1 Å². The molecule has 142 valence electrons. The largest absolute Gasteiger partial charge is 0.507 e. The molecule has 3 N–H and O–H groups in total. The molecular weight excluding hydrogens is 350 g/mol. The zero-order valence-electron chi connectivity index (χ0n) is 15.8. The highest BCUT2D eigenvalue weighted by Gasteiger charge is 2.41. The number of aromatic nitrogens is 2. The van der Waals surface area contributed by atoms with Crippen molar-refractivity contribution < 1.29 is 10.2 Å². The third-order valence-electron chi connectivity index (χ3n) is 6.29. The third kappa shape index (κ3) is 2.68. The summed E-state index contributed by atoms with van der Waals surface area (Å²) < 4.78 is 0. The number of rotatable bonds is 3. The van der Waals surface area contributed by atoms with E-state index in [2.05, 4.69) is 33.6 Å². The fourth-order valence-electron chi connectivity index (χ4n) is 4.94. The maximum atomic E-state index is 10.5. The Morgan fingerprint density at radius 2 is 1.86 bits per heavy atom. The number of terminal acetylenes is 1. The number of hydrogen-bond acceptors (Lipinski definition) is 5. The van der Waals surface area contributed by atoms with E-state index < -0.39 is 5.60 Å². The maximum Gasteiger partial charge on any atom is 0.153 e. The summed E-state index contributed by atoms with van der Waals surface area (Å²) in [6.07, 6.45) is 13.6. The summed E-state index contributed by atoms with van der Waals surface area (Å²) in [7, 11) is 0. The van der Waals surface area contributed by atoms with Gasteiger partial charge in [0.25, 0.3) is 0 Å². The van der Waals surface area contributed by atoms with E-state index in [1.807, 2.05) is 19.1 Å². The van der Waals surface area contributed by atoms with Gasteiger partial charge < -0.3 is 15.5 Å². The molecule has 2 bridgehead atoms. The van der Waals surface area contributed by atoms with Gasteiger partial charge >= 0.3 is 0 Å². The second-order valence-corrected chi connectivity index (χ2v) is 8.52. The van der Waals surface area contributed by atoms with Crippen molar-refractivity contribution in [3.63, 3.8) is 0 Å². The smallest absolute Gasteiger partial charge is 0.153 e. The second-order valence-electron chi connectivity index (χ2n) is 8.52. The second kappa shape index (κ2) is 6.08. The molecule has 4 aliphatic rings. The van der Waals surface area contributed by atoms with Gasteiger partial charge in [-0.2, -0.15) is 0 Å². The lowest BCUT2D eigenvalue weighted by Gasteiger charge is -2.42. The first-order chi connectivity index (χ1) is 13.4. The van der Waals surface area contributed by atoms with E-state index >= 15 is 0 Å². The van der Waals surface area contributed by atoms with Crippen LogP contribution in [0.15, 0.2) is 30.4 Å². The molecule has 0 saturated heterocycles. The van der Waals surface area contributed by atoms with E-state index in [0.717, 1.165) is 29.9 Å². The van der Waals surface area contributed by atoms with Crippen molar-refractivity contribution >= 4 is 5.82 Å². The lowest BCUT2D eigenvalue weighted by molar-refractivity contribution is -0.0235. The van der Waals surface area contributed by atoms with Crippen LogP contribution in [0.3, 0.4) is 0 Å². The van der Waals surface area contributed by atoms with Crippen LogP contribution >= 0.6 is 0 Å². The van der Waals surface area contributed by atoms with Crippen molar-refractivity contribution in [2.75, 3.05) is 5.32 Å². The summed E-state index contributed by atoms with van der Waals surface area (Å²) in [6.45, 7) is 1.86. The summed E-state index contributed by atoms with van der Waals surface area (Å²) in [4.78, 5) is 0. The summed E-state index contributed by atoms with van der Waals surface area (Å²) in [5.41, 5.74) is 3.80. The highest BCUT2D eigenvalue weighted by molar-refractivity contribution is 5.76. The first kappa shape index (κ1) is 17.3. The zero-order chi connectivity index (χ0) is 19.5. The summed E-state index contributed by atoms with van der Waals surface area (Å²) in [5.74, 6) is 4.09. The number of hydrogen-bond donors (Lipinski definition) is 3. The normalized spacial score (nSPS) is 29.7. The quantitative estimate of drug-likeness (QED) is 0.565. The molecule has 1 aromatic carbocycles. The van der Waals surface area contributed by atoms with Crippen molar-refractivity contribution in [1.29, 1.82) is 0 Å². The number of nitrogens with one attached hydrogen (secondary N) is 1. The van der Waals surface area contributed by atoms with Crippen LogP contribution in [-0.2, 0) is 0 Å². The summed E-state index contributed by atoms with van der Waals surface area (Å²) >= 11 is 0. The molecule has 6 rings (SSSR count). The van der Waals surface area contributed by atoms with Gasteiger partial charge in [-0.15, -0.1) is 16.6 Å². The molecule has 5 nitrogen and oxygen atoms in total. The van der Waals surface area contributed by atoms with Crippen molar-refractivity contribution in [3.8, 4) is 29.4 Å². The van der Waals surface area contributed by atoms with E-state index in [4.69, 9.17) is 6.42 Å². The molecule has 5 heteroatoms. The third-order valence-corrected chi connectivity index (χ3v) is 6.29. The number of anilines is 1. The molecule has 1 saturated carbocycles. The summed E-state index contributed by atoms with van der Waals surface area (Å²) in [5, 5.41) is 33.1. The SMILES string of the molecule is C#Cc1ccc(-c2nnc(NC3CC(C)(O)C3)c3c2C2C=CC3CC2)c(O)c1. The molecule has 2 unspecified atom stereocenters. The average molecular weight is 373 g/mol. The molecule has 2 aromatic rings. The minimum absolute atomic E-state index is 0.133. The van der Waals surface area contributed by atoms with Gasteiger partial charge in [-0.05, 0) is 56.4 Å². The van der Waals surface area contributed by atoms with E-state index in [0.29, 0.717) is 29.9 Å². The van der Waals surface area contributed by atoms with Gasteiger partial charge in [0.2, 0.25) is 0 Å². The van der Waals surface area contributed by atoms with Crippen molar-refractivity contribution in [3.05, 3.63) is 47.0 Å². The minimum atomic E-state index is -0.589. The highest BCUT2D eigenvalue weighted by Crippen LogP contribution is 2.51. The van der Waals surface area contributed by atoms with Gasteiger partial charge in [-0.25, -0.2) is 0 Å². The topological polar surface area (TPSA) is 78.3 Å². The standard InChI is InChI=1S/C23H23N3O2/c1-3-13-4-9-17(18(27)10-13)21-19-14-5-7-15(8-6-14)20(19)22(26-25-21)24-16-11-23(2,28)12-16/h1,4-5,7,9-10,14-16,27-28H,6,8,11-12H2,2H3,(H,24,26). The van der Waals surface area contributed by atoms with Crippen LogP contribution in [0.1, 0.15) is 61.1 Å². The zero-order valence-corrected chi connectivity index (χ0v) is 15.8. The number of aromatic hydroxyl groups is 1. The van der Waals surface area contributed by atoms with Crippen LogP contribution in [0, 0.1) is 12.3 Å². The van der Waals surface area contributed by atoms with Crippen LogP contribution in [0.25, 0.3) is 11.3 Å². The Hall–Kier alpha value is -2.84. The molecule has 1 fully saturated rings. The number of aliphatic hydroxyl groups is 1. The van der Waals surface area contributed by atoms with E-state index in [9.17, 15) is 10.2 Å². The monoisotopic (exact) mass is 373 g/mol. The lowest BCUT2D eigenvalue weighted by atomic mass is 9.70. The molecule has 0 amide bonds. The minimum Gasteiger partial charge on any atom is -0.507 e. The maximum absolute atomic E-state index is 10.5. The van der Waals surface area contributed by atoms with Crippen molar-refractivity contribution in [1.82, 2.24) is 10.2 Å². The Balaban J connectivity index is 1.60. The van der Waals surface area contributed by atoms with Crippen LogP contribution in [0.5, 0.6) is 5.75 Å². The Kier molecular flexibility index (Phi) is 3.75. The Morgan fingerprint density at radius 1 is 1.14 bits per heavy atom.